The van der Waals surface area contributed by atoms with Crippen LogP contribution < -0.4 is 0 Å². The van der Waals surface area contributed by atoms with E-state index in [1.165, 1.54) is 57.9 Å². The highest BCUT2D eigenvalue weighted by atomic mass is 35.5. The van der Waals surface area contributed by atoms with Gasteiger partial charge in [-0.15, -0.1) is 12.4 Å². The van der Waals surface area contributed by atoms with E-state index in [4.69, 9.17) is 0 Å². The molecule has 0 atom stereocenters. The summed E-state index contributed by atoms with van der Waals surface area (Å²) in [7, 11) is 2.13. The molecule has 4 heteroatoms. The molecule has 0 bridgehead atoms. The summed E-state index contributed by atoms with van der Waals surface area (Å²) in [5.74, 6) is 1.05. The maximum Gasteiger partial charge on any atom is 0.0890 e. The maximum absolute atomic E-state index is 4.23. The second-order valence-corrected chi connectivity index (χ2v) is 5.51. The number of halogens is 1. The number of hydrogen-bond acceptors (Lipinski definition) is 3. The number of rotatable bonds is 10. The SMILES string of the molecule is CN1C=CN(CCCCCCCCCCS)C1.Cl. The van der Waals surface area contributed by atoms with Crippen LogP contribution in [-0.2, 0) is 0 Å². The molecule has 0 amide bonds. The molecule has 0 aliphatic carbocycles. The molecular weight excluding hydrogens is 264 g/mol. The standard InChI is InChI=1S/C14H28N2S.ClH/c1-15-11-12-16(14-15)10-8-6-4-2-3-5-7-9-13-17;/h11-12,17H,2-10,13-14H2,1H3;1H. The molecule has 2 nitrogen and oxygen atoms in total. The van der Waals surface area contributed by atoms with Crippen LogP contribution in [-0.4, -0.2) is 35.8 Å². The zero-order chi connectivity index (χ0) is 12.3. The minimum atomic E-state index is 0. The summed E-state index contributed by atoms with van der Waals surface area (Å²) in [4.78, 5) is 4.62. The van der Waals surface area contributed by atoms with Crippen molar-refractivity contribution in [1.29, 1.82) is 0 Å². The van der Waals surface area contributed by atoms with Crippen LogP contribution >= 0.6 is 25.0 Å². The van der Waals surface area contributed by atoms with Gasteiger partial charge < -0.3 is 9.80 Å². The average Bonchev–Trinajstić information content (AvgIpc) is 2.73. The van der Waals surface area contributed by atoms with Gasteiger partial charge in [0.1, 0.15) is 0 Å². The van der Waals surface area contributed by atoms with Crippen LogP contribution in [0.1, 0.15) is 51.4 Å². The summed E-state index contributed by atoms with van der Waals surface area (Å²) >= 11 is 4.23. The minimum Gasteiger partial charge on any atom is -0.362 e. The van der Waals surface area contributed by atoms with Gasteiger partial charge in [-0.1, -0.05) is 38.5 Å². The lowest BCUT2D eigenvalue weighted by Crippen LogP contribution is -2.23. The summed E-state index contributed by atoms with van der Waals surface area (Å²) in [5.41, 5.74) is 0. The van der Waals surface area contributed by atoms with Crippen LogP contribution in [0.4, 0.5) is 0 Å². The lowest BCUT2D eigenvalue weighted by atomic mass is 10.1. The summed E-state index contributed by atoms with van der Waals surface area (Å²) in [5, 5.41) is 0. The van der Waals surface area contributed by atoms with E-state index >= 15 is 0 Å². The Morgan fingerprint density at radius 1 is 0.889 bits per heavy atom. The Balaban J connectivity index is 0.00000289. The Kier molecular flexibility index (Phi) is 12.0. The highest BCUT2D eigenvalue weighted by Gasteiger charge is 2.06. The Hall–Kier alpha value is -0.0200. The van der Waals surface area contributed by atoms with Crippen molar-refractivity contribution in [2.45, 2.75) is 51.4 Å². The molecule has 18 heavy (non-hydrogen) atoms. The molecule has 0 fully saturated rings. The molecule has 0 aromatic carbocycles. The zero-order valence-electron chi connectivity index (χ0n) is 11.7. The first-order chi connectivity index (χ1) is 8.33. The number of unbranched alkanes of at least 4 members (excludes halogenated alkanes) is 7. The van der Waals surface area contributed by atoms with E-state index in [9.17, 15) is 0 Å². The van der Waals surface area contributed by atoms with Gasteiger partial charge in [0, 0.05) is 26.0 Å². The van der Waals surface area contributed by atoms with Gasteiger partial charge in [-0.25, -0.2) is 0 Å². The molecule has 1 aliphatic heterocycles. The Morgan fingerprint density at radius 2 is 1.44 bits per heavy atom. The van der Waals surface area contributed by atoms with Crippen molar-refractivity contribution in [2.75, 3.05) is 26.0 Å². The number of nitrogens with zero attached hydrogens (tertiary/aromatic N) is 2. The first-order valence-corrected chi connectivity index (χ1v) is 7.69. The molecule has 0 unspecified atom stereocenters. The van der Waals surface area contributed by atoms with Crippen molar-refractivity contribution >= 4 is 25.0 Å². The Bertz CT molecular complexity index is 212. The second-order valence-electron chi connectivity index (χ2n) is 5.06. The largest absolute Gasteiger partial charge is 0.362 e. The Morgan fingerprint density at radius 3 is 1.94 bits per heavy atom. The van der Waals surface area contributed by atoms with E-state index in [1.807, 2.05) is 0 Å². The zero-order valence-corrected chi connectivity index (χ0v) is 13.4. The highest BCUT2D eigenvalue weighted by molar-refractivity contribution is 7.80. The van der Waals surface area contributed by atoms with Crippen LogP contribution in [0.5, 0.6) is 0 Å². The minimum absolute atomic E-state index is 0. The van der Waals surface area contributed by atoms with Gasteiger partial charge in [0.05, 0.1) is 6.67 Å². The summed E-state index contributed by atoms with van der Waals surface area (Å²) < 4.78 is 0. The molecular formula is C14H29ClN2S. The second kappa shape index (κ2) is 12.0. The number of thiol groups is 1. The lowest BCUT2D eigenvalue weighted by Gasteiger charge is -2.17. The summed E-state index contributed by atoms with van der Waals surface area (Å²) in [6, 6.07) is 0. The summed E-state index contributed by atoms with van der Waals surface area (Å²) in [6.07, 6.45) is 15.4. The molecule has 0 aromatic heterocycles. The third kappa shape index (κ3) is 8.98. The molecule has 108 valence electrons. The van der Waals surface area contributed by atoms with Gasteiger partial charge in [-0.05, 0) is 18.6 Å². The third-order valence-electron chi connectivity index (χ3n) is 3.29. The van der Waals surface area contributed by atoms with E-state index in [1.54, 1.807) is 0 Å². The van der Waals surface area contributed by atoms with Crippen LogP contribution in [0.2, 0.25) is 0 Å². The maximum atomic E-state index is 4.23. The molecule has 0 spiro atoms. The van der Waals surface area contributed by atoms with Crippen LogP contribution in [0.25, 0.3) is 0 Å². The van der Waals surface area contributed by atoms with Crippen LogP contribution in [0.15, 0.2) is 12.4 Å². The van der Waals surface area contributed by atoms with E-state index < -0.39 is 0 Å². The predicted molar refractivity (Wildman–Crippen MR) is 86.5 cm³/mol. The molecule has 0 N–H and O–H groups in total. The van der Waals surface area contributed by atoms with Gasteiger partial charge in [0.2, 0.25) is 0 Å². The van der Waals surface area contributed by atoms with Crippen LogP contribution in [0.3, 0.4) is 0 Å². The third-order valence-corrected chi connectivity index (χ3v) is 3.61. The highest BCUT2D eigenvalue weighted by Crippen LogP contribution is 2.10. The molecule has 0 saturated heterocycles. The van der Waals surface area contributed by atoms with Crippen LogP contribution in [0, 0.1) is 0 Å². The monoisotopic (exact) mass is 292 g/mol. The lowest BCUT2D eigenvalue weighted by molar-refractivity contribution is 0.290. The average molecular weight is 293 g/mol. The van der Waals surface area contributed by atoms with E-state index in [0.717, 1.165) is 12.4 Å². The molecule has 1 heterocycles. The topological polar surface area (TPSA) is 6.48 Å². The molecule has 0 saturated carbocycles. The molecule has 1 rings (SSSR count). The van der Waals surface area contributed by atoms with Crippen molar-refractivity contribution in [1.82, 2.24) is 9.80 Å². The van der Waals surface area contributed by atoms with Crippen molar-refractivity contribution in [2.24, 2.45) is 0 Å². The predicted octanol–water partition coefficient (Wildman–Crippen LogP) is 4.13. The van der Waals surface area contributed by atoms with Crippen molar-refractivity contribution < 1.29 is 0 Å². The quantitative estimate of drug-likeness (QED) is 0.478. The molecule has 1 aliphatic rings. The van der Waals surface area contributed by atoms with E-state index in [0.29, 0.717) is 0 Å². The fourth-order valence-corrected chi connectivity index (χ4v) is 2.45. The fourth-order valence-electron chi connectivity index (χ4n) is 2.22. The summed E-state index contributed by atoms with van der Waals surface area (Å²) in [6.45, 7) is 2.30. The molecule has 0 aromatic rings. The van der Waals surface area contributed by atoms with Crippen molar-refractivity contribution in [3.05, 3.63) is 12.4 Å². The van der Waals surface area contributed by atoms with Gasteiger partial charge in [-0.3, -0.25) is 0 Å². The van der Waals surface area contributed by atoms with Gasteiger partial charge in [0.25, 0.3) is 0 Å². The fraction of sp³-hybridized carbons (Fsp3) is 0.857. The van der Waals surface area contributed by atoms with E-state index in [-0.39, 0.29) is 12.4 Å². The number of hydrogen-bond donors (Lipinski definition) is 1. The van der Waals surface area contributed by atoms with Crippen molar-refractivity contribution in [3.8, 4) is 0 Å². The van der Waals surface area contributed by atoms with Gasteiger partial charge in [-0.2, -0.15) is 12.6 Å². The van der Waals surface area contributed by atoms with Gasteiger partial charge in [0.15, 0.2) is 0 Å². The first kappa shape index (κ1) is 18.0. The molecule has 0 radical (unpaired) electrons. The normalized spacial score (nSPS) is 14.1. The van der Waals surface area contributed by atoms with Gasteiger partial charge >= 0.3 is 0 Å². The first-order valence-electron chi connectivity index (χ1n) is 7.06. The van der Waals surface area contributed by atoms with E-state index in [2.05, 4.69) is 41.9 Å². The van der Waals surface area contributed by atoms with Crippen molar-refractivity contribution in [3.63, 3.8) is 0 Å². The Labute approximate surface area is 125 Å². The smallest absolute Gasteiger partial charge is 0.0890 e.